The molecule has 4 rings (SSSR count). The van der Waals surface area contributed by atoms with Gasteiger partial charge in [0.15, 0.2) is 11.6 Å². The Morgan fingerprint density at radius 3 is 2.25 bits per heavy atom. The summed E-state index contributed by atoms with van der Waals surface area (Å²) in [5.74, 6) is -0.353. The fourth-order valence-electron chi connectivity index (χ4n) is 4.22. The predicted molar refractivity (Wildman–Crippen MR) is 107 cm³/mol. The van der Waals surface area contributed by atoms with E-state index in [0.717, 1.165) is 69.3 Å². The normalized spacial score (nSPS) is 19.2. The van der Waals surface area contributed by atoms with E-state index >= 15 is 0 Å². The zero-order valence-corrected chi connectivity index (χ0v) is 16.1. The van der Waals surface area contributed by atoms with Crippen molar-refractivity contribution in [3.8, 4) is 0 Å². The number of nitrogens with zero attached hydrogens (tertiary/aromatic N) is 5. The molecule has 0 amide bonds. The van der Waals surface area contributed by atoms with Crippen LogP contribution in [-0.4, -0.2) is 60.2 Å². The van der Waals surface area contributed by atoms with Crippen LogP contribution in [0.3, 0.4) is 0 Å². The van der Waals surface area contributed by atoms with Crippen molar-refractivity contribution < 1.29 is 8.78 Å². The lowest BCUT2D eigenvalue weighted by atomic mass is 10.0. The van der Waals surface area contributed by atoms with Crippen LogP contribution in [0.25, 0.3) is 0 Å². The van der Waals surface area contributed by atoms with Crippen LogP contribution < -0.4 is 15.5 Å². The number of piperidine rings is 1. The van der Waals surface area contributed by atoms with E-state index in [1.54, 1.807) is 6.07 Å². The molecule has 2 aliphatic rings. The van der Waals surface area contributed by atoms with Crippen LogP contribution in [0.15, 0.2) is 24.3 Å². The van der Waals surface area contributed by atoms with Crippen LogP contribution in [0, 0.1) is 18.6 Å². The fraction of sp³-hybridized carbons (Fsp3) is 0.500. The first-order valence-electron chi connectivity index (χ1n) is 9.80. The van der Waals surface area contributed by atoms with E-state index in [2.05, 4.69) is 24.7 Å². The number of nitrogens with two attached hydrogens (primary N) is 1. The molecule has 2 aliphatic heterocycles. The number of anilines is 3. The van der Waals surface area contributed by atoms with Gasteiger partial charge >= 0.3 is 0 Å². The van der Waals surface area contributed by atoms with Gasteiger partial charge in [-0.2, -0.15) is 4.98 Å². The van der Waals surface area contributed by atoms with Gasteiger partial charge in [0.2, 0.25) is 5.95 Å². The second kappa shape index (κ2) is 7.87. The molecule has 28 heavy (non-hydrogen) atoms. The lowest BCUT2D eigenvalue weighted by molar-refractivity contribution is 0.159. The molecule has 0 spiro atoms. The molecule has 0 aliphatic carbocycles. The highest BCUT2D eigenvalue weighted by atomic mass is 19.2. The van der Waals surface area contributed by atoms with E-state index < -0.39 is 11.6 Å². The highest BCUT2D eigenvalue weighted by Crippen LogP contribution is 2.25. The van der Waals surface area contributed by atoms with Crippen LogP contribution >= 0.6 is 0 Å². The SMILES string of the molecule is Cc1cc(N2CCN(C3CCN(c4ccc(F)c(F)c4)CC3)CC2)nc(N)n1. The number of halogens is 2. The molecule has 2 aromatic rings. The van der Waals surface area contributed by atoms with Crippen molar-refractivity contribution in [2.24, 2.45) is 0 Å². The summed E-state index contributed by atoms with van der Waals surface area (Å²) >= 11 is 0. The Balaban J connectivity index is 1.31. The Kier molecular flexibility index (Phi) is 5.30. The van der Waals surface area contributed by atoms with Crippen LogP contribution in [0.2, 0.25) is 0 Å². The summed E-state index contributed by atoms with van der Waals surface area (Å²) < 4.78 is 26.6. The van der Waals surface area contributed by atoms with Crippen molar-refractivity contribution in [1.82, 2.24) is 14.9 Å². The van der Waals surface area contributed by atoms with E-state index in [0.29, 0.717) is 12.0 Å². The minimum absolute atomic E-state index is 0.321. The third kappa shape index (κ3) is 4.01. The molecule has 0 unspecified atom stereocenters. The lowest BCUT2D eigenvalue weighted by Crippen LogP contribution is -2.53. The Bertz CT molecular complexity index is 809. The molecule has 0 bridgehead atoms. The molecule has 8 heteroatoms. The predicted octanol–water partition coefficient (Wildman–Crippen LogP) is 2.44. The van der Waals surface area contributed by atoms with Gasteiger partial charge in [-0.05, 0) is 31.9 Å². The Labute approximate surface area is 164 Å². The van der Waals surface area contributed by atoms with Gasteiger partial charge in [0.25, 0.3) is 0 Å². The molecule has 0 radical (unpaired) electrons. The van der Waals surface area contributed by atoms with Gasteiger partial charge < -0.3 is 15.5 Å². The smallest absolute Gasteiger partial charge is 0.222 e. The number of aryl methyl sites for hydroxylation is 1. The molecule has 3 heterocycles. The van der Waals surface area contributed by atoms with Gasteiger partial charge in [0.1, 0.15) is 5.82 Å². The first-order valence-corrected chi connectivity index (χ1v) is 9.80. The highest BCUT2D eigenvalue weighted by molar-refractivity contribution is 5.47. The quantitative estimate of drug-likeness (QED) is 0.872. The summed E-state index contributed by atoms with van der Waals surface area (Å²) in [6.07, 6.45) is 2.05. The average Bonchev–Trinajstić information content (AvgIpc) is 2.70. The second-order valence-corrected chi connectivity index (χ2v) is 7.57. The number of hydrogen-bond acceptors (Lipinski definition) is 6. The molecule has 1 aromatic carbocycles. The number of aromatic nitrogens is 2. The van der Waals surface area contributed by atoms with Gasteiger partial charge in [-0.1, -0.05) is 0 Å². The number of piperazine rings is 1. The molecule has 6 nitrogen and oxygen atoms in total. The van der Waals surface area contributed by atoms with Crippen LogP contribution in [0.5, 0.6) is 0 Å². The topological polar surface area (TPSA) is 61.5 Å². The fourth-order valence-corrected chi connectivity index (χ4v) is 4.22. The van der Waals surface area contributed by atoms with E-state index in [9.17, 15) is 8.78 Å². The number of benzene rings is 1. The zero-order valence-electron chi connectivity index (χ0n) is 16.1. The van der Waals surface area contributed by atoms with Gasteiger partial charge in [-0.25, -0.2) is 13.8 Å². The molecule has 0 saturated carbocycles. The van der Waals surface area contributed by atoms with E-state index in [1.165, 1.54) is 12.1 Å². The molecular weight excluding hydrogens is 362 g/mol. The van der Waals surface area contributed by atoms with E-state index in [-0.39, 0.29) is 0 Å². The van der Waals surface area contributed by atoms with Gasteiger partial charge in [-0.15, -0.1) is 0 Å². The standard InChI is InChI=1S/C20H26F2N6/c1-14-12-19(25-20(23)24-14)28-10-8-27(9-11-28)15-4-6-26(7-5-15)16-2-3-17(21)18(22)13-16/h2-3,12-13,15H,4-11H2,1H3,(H2,23,24,25). The first kappa shape index (κ1) is 18.9. The summed E-state index contributed by atoms with van der Waals surface area (Å²) in [5.41, 5.74) is 7.43. The van der Waals surface area contributed by atoms with Crippen LogP contribution in [-0.2, 0) is 0 Å². The minimum Gasteiger partial charge on any atom is -0.371 e. The largest absolute Gasteiger partial charge is 0.371 e. The molecule has 2 saturated heterocycles. The van der Waals surface area contributed by atoms with Gasteiger partial charge in [0.05, 0.1) is 0 Å². The zero-order chi connectivity index (χ0) is 19.7. The molecule has 0 atom stereocenters. The summed E-state index contributed by atoms with van der Waals surface area (Å²) in [6, 6.07) is 6.67. The summed E-state index contributed by atoms with van der Waals surface area (Å²) in [6.45, 7) is 7.45. The molecule has 150 valence electrons. The number of nitrogen functional groups attached to an aromatic ring is 1. The Hall–Kier alpha value is -2.48. The Morgan fingerprint density at radius 1 is 0.893 bits per heavy atom. The van der Waals surface area contributed by atoms with Crippen molar-refractivity contribution in [3.63, 3.8) is 0 Å². The van der Waals surface area contributed by atoms with E-state index in [4.69, 9.17) is 5.73 Å². The summed E-state index contributed by atoms with van der Waals surface area (Å²) in [5, 5.41) is 0. The first-order chi connectivity index (χ1) is 13.5. The third-order valence-electron chi connectivity index (χ3n) is 5.75. The molecular formula is C20H26F2N6. The van der Waals surface area contributed by atoms with Crippen molar-refractivity contribution >= 4 is 17.5 Å². The maximum atomic E-state index is 13.5. The maximum absolute atomic E-state index is 13.5. The summed E-state index contributed by atoms with van der Waals surface area (Å²) in [4.78, 5) is 15.4. The Morgan fingerprint density at radius 2 is 1.61 bits per heavy atom. The maximum Gasteiger partial charge on any atom is 0.222 e. The molecule has 2 N–H and O–H groups in total. The van der Waals surface area contributed by atoms with Crippen molar-refractivity contribution in [1.29, 1.82) is 0 Å². The average molecular weight is 388 g/mol. The van der Waals surface area contributed by atoms with Crippen LogP contribution in [0.4, 0.5) is 26.2 Å². The summed E-state index contributed by atoms with van der Waals surface area (Å²) in [7, 11) is 0. The van der Waals surface area contributed by atoms with Gasteiger partial charge in [-0.3, -0.25) is 4.90 Å². The second-order valence-electron chi connectivity index (χ2n) is 7.57. The number of hydrogen-bond donors (Lipinski definition) is 1. The van der Waals surface area contributed by atoms with Crippen molar-refractivity contribution in [2.45, 2.75) is 25.8 Å². The lowest BCUT2D eigenvalue weighted by Gasteiger charge is -2.43. The van der Waals surface area contributed by atoms with Crippen molar-refractivity contribution in [2.75, 3.05) is 54.8 Å². The highest BCUT2D eigenvalue weighted by Gasteiger charge is 2.28. The van der Waals surface area contributed by atoms with Gasteiger partial charge in [0, 0.05) is 68.8 Å². The minimum atomic E-state index is -0.794. The molecule has 1 aromatic heterocycles. The third-order valence-corrected chi connectivity index (χ3v) is 5.75. The van der Waals surface area contributed by atoms with Crippen molar-refractivity contribution in [3.05, 3.63) is 41.6 Å². The number of rotatable bonds is 3. The van der Waals surface area contributed by atoms with E-state index in [1.807, 2.05) is 13.0 Å². The van der Waals surface area contributed by atoms with Crippen LogP contribution in [0.1, 0.15) is 18.5 Å². The monoisotopic (exact) mass is 388 g/mol. The molecule has 2 fully saturated rings.